The third-order valence-electron chi connectivity index (χ3n) is 3.29. The van der Waals surface area contributed by atoms with Gasteiger partial charge in [0.15, 0.2) is 5.75 Å². The van der Waals surface area contributed by atoms with Crippen LogP contribution in [0.3, 0.4) is 0 Å². The number of hydrogen-bond acceptors (Lipinski definition) is 3. The molecule has 0 bridgehead atoms. The standard InChI is InChI=1S/C19H16ClNO2.ClH/c20-17-7-4-8-18(21)19(17)23-16-11-9-15(10-12-16)22-13-14-5-2-1-3-6-14;/h1-12H,13,21H2;1H. The van der Waals surface area contributed by atoms with Crippen LogP contribution in [0.15, 0.2) is 72.8 Å². The van der Waals surface area contributed by atoms with Gasteiger partial charge in [-0.15, -0.1) is 12.4 Å². The van der Waals surface area contributed by atoms with Crippen LogP contribution < -0.4 is 15.2 Å². The number of benzene rings is 3. The molecule has 0 amide bonds. The molecule has 0 aliphatic heterocycles. The molecule has 0 fully saturated rings. The van der Waals surface area contributed by atoms with Gasteiger partial charge in [0.1, 0.15) is 18.1 Å². The summed E-state index contributed by atoms with van der Waals surface area (Å²) in [4.78, 5) is 0. The zero-order chi connectivity index (χ0) is 16.1. The Balaban J connectivity index is 0.00000208. The van der Waals surface area contributed by atoms with E-state index in [0.717, 1.165) is 11.3 Å². The van der Waals surface area contributed by atoms with E-state index in [1.165, 1.54) is 0 Å². The fourth-order valence-electron chi connectivity index (χ4n) is 2.10. The van der Waals surface area contributed by atoms with Gasteiger partial charge in [0, 0.05) is 0 Å². The summed E-state index contributed by atoms with van der Waals surface area (Å²) < 4.78 is 11.5. The molecule has 124 valence electrons. The van der Waals surface area contributed by atoms with Gasteiger partial charge in [0.2, 0.25) is 0 Å². The maximum absolute atomic E-state index is 6.10. The fraction of sp³-hybridized carbons (Fsp3) is 0.0526. The van der Waals surface area contributed by atoms with Crippen LogP contribution in [-0.2, 0) is 6.61 Å². The van der Waals surface area contributed by atoms with E-state index in [2.05, 4.69) is 0 Å². The van der Waals surface area contributed by atoms with Crippen LogP contribution in [0.2, 0.25) is 5.02 Å². The number of ether oxygens (including phenoxy) is 2. The van der Waals surface area contributed by atoms with Crippen molar-refractivity contribution in [3.8, 4) is 17.2 Å². The van der Waals surface area contributed by atoms with Crippen LogP contribution >= 0.6 is 24.0 Å². The minimum atomic E-state index is 0. The summed E-state index contributed by atoms with van der Waals surface area (Å²) >= 11 is 6.10. The predicted octanol–water partition coefficient (Wildman–Crippen LogP) is 5.72. The molecule has 0 aliphatic carbocycles. The molecule has 3 aromatic carbocycles. The van der Waals surface area contributed by atoms with Crippen molar-refractivity contribution < 1.29 is 9.47 Å². The second kappa shape index (κ2) is 8.48. The van der Waals surface area contributed by atoms with E-state index in [4.69, 9.17) is 26.8 Å². The molecule has 3 nitrogen and oxygen atoms in total. The molecule has 2 N–H and O–H groups in total. The molecule has 0 spiro atoms. The average molecular weight is 362 g/mol. The van der Waals surface area contributed by atoms with Crippen molar-refractivity contribution >= 4 is 29.7 Å². The van der Waals surface area contributed by atoms with E-state index in [9.17, 15) is 0 Å². The number of para-hydroxylation sites is 1. The highest BCUT2D eigenvalue weighted by Crippen LogP contribution is 2.35. The molecule has 0 atom stereocenters. The molecule has 0 saturated carbocycles. The number of halogens is 2. The van der Waals surface area contributed by atoms with Crippen LogP contribution in [0.5, 0.6) is 17.2 Å². The lowest BCUT2D eigenvalue weighted by atomic mass is 10.2. The van der Waals surface area contributed by atoms with Crippen LogP contribution in [0.25, 0.3) is 0 Å². The third-order valence-corrected chi connectivity index (χ3v) is 3.59. The van der Waals surface area contributed by atoms with E-state index < -0.39 is 0 Å². The normalized spacial score (nSPS) is 9.88. The molecular formula is C19H17Cl2NO2. The second-order valence-corrected chi connectivity index (χ2v) is 5.41. The zero-order valence-corrected chi connectivity index (χ0v) is 14.4. The Hall–Kier alpha value is -2.36. The van der Waals surface area contributed by atoms with Crippen molar-refractivity contribution in [3.05, 3.63) is 83.4 Å². The summed E-state index contributed by atoms with van der Waals surface area (Å²) in [6.07, 6.45) is 0. The number of rotatable bonds is 5. The van der Waals surface area contributed by atoms with Crippen molar-refractivity contribution in [2.45, 2.75) is 6.61 Å². The molecule has 0 unspecified atom stereocenters. The van der Waals surface area contributed by atoms with Gasteiger partial charge in [-0.3, -0.25) is 0 Å². The molecule has 3 rings (SSSR count). The first-order valence-electron chi connectivity index (χ1n) is 7.21. The topological polar surface area (TPSA) is 44.5 Å². The third kappa shape index (κ3) is 4.57. The number of nitrogen functional groups attached to an aromatic ring is 1. The van der Waals surface area contributed by atoms with Gasteiger partial charge in [-0.05, 0) is 42.0 Å². The lowest BCUT2D eigenvalue weighted by Gasteiger charge is -2.11. The summed E-state index contributed by atoms with van der Waals surface area (Å²) in [5, 5.41) is 0.481. The molecule has 24 heavy (non-hydrogen) atoms. The summed E-state index contributed by atoms with van der Waals surface area (Å²) in [5.41, 5.74) is 7.50. The zero-order valence-electron chi connectivity index (χ0n) is 12.8. The molecular weight excluding hydrogens is 345 g/mol. The Kier molecular flexibility index (Phi) is 6.36. The van der Waals surface area contributed by atoms with Crippen molar-refractivity contribution in [1.29, 1.82) is 0 Å². The largest absolute Gasteiger partial charge is 0.489 e. The Morgan fingerprint density at radius 3 is 2.12 bits per heavy atom. The summed E-state index contributed by atoms with van der Waals surface area (Å²) in [5.74, 6) is 1.89. The van der Waals surface area contributed by atoms with Crippen molar-refractivity contribution in [2.75, 3.05) is 5.73 Å². The van der Waals surface area contributed by atoms with Gasteiger partial charge in [-0.25, -0.2) is 0 Å². The number of nitrogens with two attached hydrogens (primary N) is 1. The van der Waals surface area contributed by atoms with E-state index in [1.54, 1.807) is 18.2 Å². The average Bonchev–Trinajstić information content (AvgIpc) is 2.58. The van der Waals surface area contributed by atoms with Crippen molar-refractivity contribution in [2.24, 2.45) is 0 Å². The second-order valence-electron chi connectivity index (χ2n) is 5.01. The van der Waals surface area contributed by atoms with Crippen molar-refractivity contribution in [1.82, 2.24) is 0 Å². The summed E-state index contributed by atoms with van der Waals surface area (Å²) in [6, 6.07) is 22.6. The van der Waals surface area contributed by atoms with Gasteiger partial charge in [0.25, 0.3) is 0 Å². The van der Waals surface area contributed by atoms with E-state index in [0.29, 0.717) is 28.8 Å². The molecule has 0 aliphatic rings. The van der Waals surface area contributed by atoms with Crippen molar-refractivity contribution in [3.63, 3.8) is 0 Å². The van der Waals surface area contributed by atoms with Gasteiger partial charge >= 0.3 is 0 Å². The Bertz CT molecular complexity index is 757. The van der Waals surface area contributed by atoms with Crippen LogP contribution in [-0.4, -0.2) is 0 Å². The first-order valence-corrected chi connectivity index (χ1v) is 7.59. The highest BCUT2D eigenvalue weighted by Gasteiger charge is 2.07. The van der Waals surface area contributed by atoms with Gasteiger partial charge < -0.3 is 15.2 Å². The summed E-state index contributed by atoms with van der Waals surface area (Å²) in [6.45, 7) is 0.526. The monoisotopic (exact) mass is 361 g/mol. The van der Waals surface area contributed by atoms with Crippen LogP contribution in [0.4, 0.5) is 5.69 Å². The molecule has 0 saturated heterocycles. The predicted molar refractivity (Wildman–Crippen MR) is 100 cm³/mol. The number of anilines is 1. The quantitative estimate of drug-likeness (QED) is 0.591. The van der Waals surface area contributed by atoms with E-state index in [-0.39, 0.29) is 12.4 Å². The molecule has 3 aromatic rings. The van der Waals surface area contributed by atoms with Gasteiger partial charge in [-0.2, -0.15) is 0 Å². The minimum absolute atomic E-state index is 0. The molecule has 0 aromatic heterocycles. The Morgan fingerprint density at radius 2 is 1.46 bits per heavy atom. The highest BCUT2D eigenvalue weighted by atomic mass is 35.5. The minimum Gasteiger partial charge on any atom is -0.489 e. The smallest absolute Gasteiger partial charge is 0.168 e. The first-order chi connectivity index (χ1) is 11.2. The first kappa shape index (κ1) is 18.0. The van der Waals surface area contributed by atoms with Gasteiger partial charge in [0.05, 0.1) is 10.7 Å². The Labute approximate surface area is 152 Å². The lowest BCUT2D eigenvalue weighted by molar-refractivity contribution is 0.306. The van der Waals surface area contributed by atoms with E-state index in [1.807, 2.05) is 54.6 Å². The van der Waals surface area contributed by atoms with E-state index >= 15 is 0 Å². The number of hydrogen-bond donors (Lipinski definition) is 1. The van der Waals surface area contributed by atoms with Gasteiger partial charge in [-0.1, -0.05) is 48.0 Å². The molecule has 0 heterocycles. The fourth-order valence-corrected chi connectivity index (χ4v) is 2.32. The highest BCUT2D eigenvalue weighted by molar-refractivity contribution is 6.32. The SMILES string of the molecule is Cl.Nc1cccc(Cl)c1Oc1ccc(OCc2ccccc2)cc1. The summed E-state index contributed by atoms with van der Waals surface area (Å²) in [7, 11) is 0. The van der Waals surface area contributed by atoms with Crippen LogP contribution in [0, 0.1) is 0 Å². The maximum Gasteiger partial charge on any atom is 0.168 e. The van der Waals surface area contributed by atoms with Crippen LogP contribution in [0.1, 0.15) is 5.56 Å². The Morgan fingerprint density at radius 1 is 0.792 bits per heavy atom. The lowest BCUT2D eigenvalue weighted by Crippen LogP contribution is -1.95. The molecule has 5 heteroatoms. The molecule has 0 radical (unpaired) electrons. The maximum atomic E-state index is 6.10.